The van der Waals surface area contributed by atoms with E-state index in [0.29, 0.717) is 6.04 Å². The average Bonchev–Trinajstić information content (AvgIpc) is 2.65. The smallest absolute Gasteiger partial charge is 0.118 e. The summed E-state index contributed by atoms with van der Waals surface area (Å²) in [6.45, 7) is 2.86. The lowest BCUT2D eigenvalue weighted by atomic mass is 9.89. The molecule has 4 heteroatoms. The summed E-state index contributed by atoms with van der Waals surface area (Å²) in [4.78, 5) is 6.63. The van der Waals surface area contributed by atoms with E-state index in [4.69, 9.17) is 4.74 Å². The fourth-order valence-corrected chi connectivity index (χ4v) is 3.25. The number of nitrogens with zero attached hydrogens (tertiary/aromatic N) is 2. The summed E-state index contributed by atoms with van der Waals surface area (Å²) in [5.41, 5.74) is 3.80. The summed E-state index contributed by atoms with van der Waals surface area (Å²) >= 11 is 0. The fourth-order valence-electron chi connectivity index (χ4n) is 3.25. The second-order valence-corrected chi connectivity index (χ2v) is 6.09. The number of methoxy groups -OCH3 is 1. The van der Waals surface area contributed by atoms with Crippen LogP contribution in [0.1, 0.15) is 36.6 Å². The predicted octanol–water partition coefficient (Wildman–Crippen LogP) is 4.27. The van der Waals surface area contributed by atoms with Crippen LogP contribution in [-0.2, 0) is 0 Å². The maximum Gasteiger partial charge on any atom is 0.118 e. The lowest BCUT2D eigenvalue weighted by Crippen LogP contribution is -2.31. The van der Waals surface area contributed by atoms with Gasteiger partial charge in [-0.3, -0.25) is 4.99 Å². The van der Waals surface area contributed by atoms with Crippen LogP contribution in [0.5, 0.6) is 5.75 Å². The van der Waals surface area contributed by atoms with Gasteiger partial charge in [0.05, 0.1) is 25.5 Å². The molecule has 0 radical (unpaired) electrons. The van der Waals surface area contributed by atoms with Crippen molar-refractivity contribution in [3.8, 4) is 5.75 Å². The molecular weight excluding hydrogens is 298 g/mol. The maximum absolute atomic E-state index is 5.27. The van der Waals surface area contributed by atoms with Gasteiger partial charge in [0.25, 0.3) is 0 Å². The molecule has 0 bridgehead atoms. The molecule has 3 rings (SSSR count). The third kappa shape index (κ3) is 3.37. The van der Waals surface area contributed by atoms with Crippen LogP contribution in [0, 0.1) is 0 Å². The molecule has 0 fully saturated rings. The largest absolute Gasteiger partial charge is 0.497 e. The predicted molar refractivity (Wildman–Crippen MR) is 100.0 cm³/mol. The Balaban J connectivity index is 1.90. The minimum Gasteiger partial charge on any atom is -0.497 e. The third-order valence-electron chi connectivity index (χ3n) is 4.56. The van der Waals surface area contributed by atoms with Gasteiger partial charge in [-0.1, -0.05) is 30.3 Å². The van der Waals surface area contributed by atoms with E-state index in [9.17, 15) is 0 Å². The molecule has 24 heavy (non-hydrogen) atoms. The maximum atomic E-state index is 5.27. The number of para-hydroxylation sites is 1. The van der Waals surface area contributed by atoms with Crippen LogP contribution in [0.4, 0.5) is 5.69 Å². The van der Waals surface area contributed by atoms with Crippen LogP contribution in [0.2, 0.25) is 0 Å². The van der Waals surface area contributed by atoms with Gasteiger partial charge in [0, 0.05) is 19.3 Å². The Morgan fingerprint density at radius 1 is 1.21 bits per heavy atom. The number of hydrogen-bond acceptors (Lipinski definition) is 3. The lowest BCUT2D eigenvalue weighted by Gasteiger charge is -2.37. The summed E-state index contributed by atoms with van der Waals surface area (Å²) in [5.74, 6) is 0.888. The molecule has 1 heterocycles. The molecule has 0 saturated carbocycles. The Bertz CT molecular complexity index is 696. The number of nitrogens with one attached hydrogen (secondary N) is 1. The Hall–Kier alpha value is -2.49. The summed E-state index contributed by atoms with van der Waals surface area (Å²) in [7, 11) is 3.80. The van der Waals surface area contributed by atoms with E-state index in [0.717, 1.165) is 18.7 Å². The van der Waals surface area contributed by atoms with E-state index in [1.165, 1.54) is 16.8 Å². The standard InChI is InChI=1S/C20H25N3O/c1-4-21-14-23(2)20-13-19(15-9-11-16(24-3)12-10-15)22-18-8-6-5-7-17(18)20/h5-12,14,19-20,22H,4,13H2,1-3H3. The van der Waals surface area contributed by atoms with Crippen molar-refractivity contribution >= 4 is 12.0 Å². The first kappa shape index (κ1) is 16.4. The van der Waals surface area contributed by atoms with E-state index in [-0.39, 0.29) is 6.04 Å². The van der Waals surface area contributed by atoms with Crippen LogP contribution in [-0.4, -0.2) is 31.9 Å². The van der Waals surface area contributed by atoms with Crippen molar-refractivity contribution in [2.24, 2.45) is 4.99 Å². The zero-order chi connectivity index (χ0) is 16.9. The summed E-state index contributed by atoms with van der Waals surface area (Å²) < 4.78 is 5.27. The molecule has 2 unspecified atom stereocenters. The molecular formula is C20H25N3O. The van der Waals surface area contributed by atoms with E-state index in [2.05, 4.69) is 65.6 Å². The molecule has 126 valence electrons. The second-order valence-electron chi connectivity index (χ2n) is 6.09. The van der Waals surface area contributed by atoms with Crippen molar-refractivity contribution in [1.82, 2.24) is 4.90 Å². The number of anilines is 1. The fraction of sp³-hybridized carbons (Fsp3) is 0.350. The Labute approximate surface area is 144 Å². The first-order chi connectivity index (χ1) is 11.7. The number of hydrogen-bond donors (Lipinski definition) is 1. The molecule has 1 aliphatic heterocycles. The molecule has 0 spiro atoms. The Morgan fingerprint density at radius 2 is 1.96 bits per heavy atom. The van der Waals surface area contributed by atoms with Crippen LogP contribution < -0.4 is 10.1 Å². The number of ether oxygens (including phenoxy) is 1. The van der Waals surface area contributed by atoms with Crippen LogP contribution in [0.25, 0.3) is 0 Å². The zero-order valence-corrected chi connectivity index (χ0v) is 14.6. The zero-order valence-electron chi connectivity index (χ0n) is 14.6. The monoisotopic (exact) mass is 323 g/mol. The molecule has 1 aliphatic rings. The summed E-state index contributed by atoms with van der Waals surface area (Å²) in [6, 6.07) is 17.5. The van der Waals surface area contributed by atoms with E-state index in [1.807, 2.05) is 18.5 Å². The van der Waals surface area contributed by atoms with Crippen molar-refractivity contribution in [1.29, 1.82) is 0 Å². The average molecular weight is 323 g/mol. The van der Waals surface area contributed by atoms with Gasteiger partial charge in [-0.2, -0.15) is 0 Å². The van der Waals surface area contributed by atoms with Crippen molar-refractivity contribution in [2.45, 2.75) is 25.4 Å². The van der Waals surface area contributed by atoms with Crippen molar-refractivity contribution < 1.29 is 4.74 Å². The highest BCUT2D eigenvalue weighted by Gasteiger charge is 2.29. The molecule has 0 aromatic heterocycles. The van der Waals surface area contributed by atoms with Crippen molar-refractivity contribution in [3.63, 3.8) is 0 Å². The van der Waals surface area contributed by atoms with Crippen molar-refractivity contribution in [2.75, 3.05) is 26.0 Å². The number of aliphatic imine (C=N–C) groups is 1. The van der Waals surface area contributed by atoms with Gasteiger partial charge in [0.15, 0.2) is 0 Å². The molecule has 0 amide bonds. The quantitative estimate of drug-likeness (QED) is 0.659. The number of fused-ring (bicyclic) bond motifs is 1. The van der Waals surface area contributed by atoms with Gasteiger partial charge in [-0.05, 0) is 42.7 Å². The SMILES string of the molecule is CCN=CN(C)C1CC(c2ccc(OC)cc2)Nc2ccccc21. The molecule has 1 N–H and O–H groups in total. The first-order valence-corrected chi connectivity index (χ1v) is 8.44. The van der Waals surface area contributed by atoms with Crippen molar-refractivity contribution in [3.05, 3.63) is 59.7 Å². The summed E-state index contributed by atoms with van der Waals surface area (Å²) in [6.07, 6.45) is 2.95. The first-order valence-electron chi connectivity index (χ1n) is 8.44. The van der Waals surface area contributed by atoms with Gasteiger partial charge in [-0.25, -0.2) is 0 Å². The van der Waals surface area contributed by atoms with E-state index < -0.39 is 0 Å². The molecule has 2 atom stereocenters. The molecule has 2 aromatic carbocycles. The van der Waals surface area contributed by atoms with E-state index >= 15 is 0 Å². The highest BCUT2D eigenvalue weighted by molar-refractivity contribution is 5.61. The lowest BCUT2D eigenvalue weighted by molar-refractivity contribution is 0.338. The molecule has 0 aliphatic carbocycles. The van der Waals surface area contributed by atoms with Gasteiger partial charge in [-0.15, -0.1) is 0 Å². The highest BCUT2D eigenvalue weighted by Crippen LogP contribution is 2.41. The number of benzene rings is 2. The minimum atomic E-state index is 0.272. The van der Waals surface area contributed by atoms with Gasteiger partial charge in [0.2, 0.25) is 0 Å². The van der Waals surface area contributed by atoms with Gasteiger partial charge < -0.3 is 15.0 Å². The molecule has 2 aromatic rings. The normalized spacial score (nSPS) is 19.6. The van der Waals surface area contributed by atoms with Gasteiger partial charge in [0.1, 0.15) is 5.75 Å². The molecule has 4 nitrogen and oxygen atoms in total. The van der Waals surface area contributed by atoms with Gasteiger partial charge >= 0.3 is 0 Å². The highest BCUT2D eigenvalue weighted by atomic mass is 16.5. The van der Waals surface area contributed by atoms with Crippen LogP contribution in [0.15, 0.2) is 53.5 Å². The van der Waals surface area contributed by atoms with Crippen LogP contribution in [0.3, 0.4) is 0 Å². The minimum absolute atomic E-state index is 0.272. The Kier molecular flexibility index (Phi) is 5.04. The Morgan fingerprint density at radius 3 is 2.67 bits per heavy atom. The van der Waals surface area contributed by atoms with Crippen LogP contribution >= 0.6 is 0 Å². The third-order valence-corrected chi connectivity index (χ3v) is 4.56. The topological polar surface area (TPSA) is 36.9 Å². The summed E-state index contributed by atoms with van der Waals surface area (Å²) in [5, 5.41) is 3.68. The second kappa shape index (κ2) is 7.39. The van der Waals surface area contributed by atoms with E-state index in [1.54, 1.807) is 7.11 Å². The molecule has 0 saturated heterocycles. The number of rotatable bonds is 5.